The van der Waals surface area contributed by atoms with Crippen molar-refractivity contribution >= 4 is 5.97 Å². The second-order valence-corrected chi connectivity index (χ2v) is 3.61. The minimum atomic E-state index is -0.792. The molecule has 0 radical (unpaired) electrons. The van der Waals surface area contributed by atoms with Crippen molar-refractivity contribution in [3.63, 3.8) is 0 Å². The van der Waals surface area contributed by atoms with Crippen LogP contribution in [0.4, 0.5) is 0 Å². The summed E-state index contributed by atoms with van der Waals surface area (Å²) < 4.78 is 0. The molecule has 82 valence electrons. The van der Waals surface area contributed by atoms with Crippen molar-refractivity contribution in [1.29, 1.82) is 0 Å². The first-order chi connectivity index (χ1) is 7.13. The maximum atomic E-state index is 10.4. The first-order valence-corrected chi connectivity index (χ1v) is 5.16. The van der Waals surface area contributed by atoms with Crippen molar-refractivity contribution in [1.82, 2.24) is 0 Å². The van der Waals surface area contributed by atoms with E-state index in [9.17, 15) is 9.90 Å². The first kappa shape index (κ1) is 11.6. The molecule has 0 saturated heterocycles. The highest BCUT2D eigenvalue weighted by Gasteiger charge is 2.03. The minimum absolute atomic E-state index is 0.135. The zero-order valence-corrected chi connectivity index (χ0v) is 8.86. The number of phenols is 1. The normalized spacial score (nSPS) is 10.2. The Bertz CT molecular complexity index is 345. The Labute approximate surface area is 89.4 Å². The molecule has 0 saturated carbocycles. The molecule has 0 atom stereocenters. The van der Waals surface area contributed by atoms with Crippen LogP contribution in [-0.2, 0) is 17.6 Å². The maximum absolute atomic E-state index is 10.4. The largest absolute Gasteiger partial charge is 0.508 e. The van der Waals surface area contributed by atoms with Gasteiger partial charge in [-0.15, -0.1) is 0 Å². The molecule has 3 nitrogen and oxygen atoms in total. The Kier molecular flexibility index (Phi) is 4.16. The molecule has 1 aromatic rings. The number of carboxylic acids is 1. The third-order valence-electron chi connectivity index (χ3n) is 2.29. The van der Waals surface area contributed by atoms with Gasteiger partial charge in [-0.2, -0.15) is 0 Å². The van der Waals surface area contributed by atoms with Crippen LogP contribution in [0.3, 0.4) is 0 Å². The number of carboxylic acid groups (broad SMARTS) is 1. The number of hydrogen-bond acceptors (Lipinski definition) is 2. The second kappa shape index (κ2) is 5.39. The molecule has 1 rings (SSSR count). The van der Waals surface area contributed by atoms with E-state index in [-0.39, 0.29) is 6.42 Å². The fraction of sp³-hybridized carbons (Fsp3) is 0.417. The Morgan fingerprint density at radius 3 is 2.67 bits per heavy atom. The minimum Gasteiger partial charge on any atom is -0.508 e. The monoisotopic (exact) mass is 208 g/mol. The molecule has 0 unspecified atom stereocenters. The molecule has 0 spiro atoms. The van der Waals surface area contributed by atoms with E-state index >= 15 is 0 Å². The summed E-state index contributed by atoms with van der Waals surface area (Å²) in [6.07, 6.45) is 2.45. The smallest absolute Gasteiger partial charge is 0.303 e. The van der Waals surface area contributed by atoms with Crippen molar-refractivity contribution in [2.24, 2.45) is 0 Å². The van der Waals surface area contributed by atoms with E-state index < -0.39 is 5.97 Å². The van der Waals surface area contributed by atoms with Gasteiger partial charge in [0.2, 0.25) is 0 Å². The predicted octanol–water partition coefficient (Wildman–Crippen LogP) is 2.36. The number of benzene rings is 1. The molecule has 0 aliphatic carbocycles. The number of carbonyl (C=O) groups is 1. The molecule has 0 amide bonds. The SMILES string of the molecule is CCCc1cc(CCC(=O)O)ccc1O. The Morgan fingerprint density at radius 1 is 1.33 bits per heavy atom. The van der Waals surface area contributed by atoms with Crippen molar-refractivity contribution in [2.75, 3.05) is 0 Å². The van der Waals surface area contributed by atoms with Gasteiger partial charge in [-0.1, -0.05) is 25.5 Å². The van der Waals surface area contributed by atoms with E-state index in [1.54, 1.807) is 12.1 Å². The van der Waals surface area contributed by atoms with E-state index in [1.165, 1.54) is 0 Å². The quantitative estimate of drug-likeness (QED) is 0.781. The molecule has 0 aliphatic rings. The van der Waals surface area contributed by atoms with Crippen molar-refractivity contribution in [3.8, 4) is 5.75 Å². The summed E-state index contributed by atoms with van der Waals surface area (Å²) in [5.41, 5.74) is 1.87. The topological polar surface area (TPSA) is 57.5 Å². The van der Waals surface area contributed by atoms with E-state index in [1.807, 2.05) is 13.0 Å². The summed E-state index contributed by atoms with van der Waals surface area (Å²) in [6, 6.07) is 5.31. The van der Waals surface area contributed by atoms with E-state index in [4.69, 9.17) is 5.11 Å². The van der Waals surface area contributed by atoms with Crippen molar-refractivity contribution in [3.05, 3.63) is 29.3 Å². The van der Waals surface area contributed by atoms with Gasteiger partial charge in [-0.3, -0.25) is 4.79 Å². The molecular weight excluding hydrogens is 192 g/mol. The summed E-state index contributed by atoms with van der Waals surface area (Å²) in [5, 5.41) is 18.1. The van der Waals surface area contributed by atoms with E-state index in [0.717, 1.165) is 24.0 Å². The Morgan fingerprint density at radius 2 is 2.07 bits per heavy atom. The fourth-order valence-corrected chi connectivity index (χ4v) is 1.52. The molecule has 0 aliphatic heterocycles. The average Bonchev–Trinajstić information content (AvgIpc) is 2.19. The van der Waals surface area contributed by atoms with Gasteiger partial charge in [0.25, 0.3) is 0 Å². The van der Waals surface area contributed by atoms with Gasteiger partial charge in [0, 0.05) is 6.42 Å². The Balaban J connectivity index is 2.73. The molecule has 0 heterocycles. The lowest BCUT2D eigenvalue weighted by molar-refractivity contribution is -0.136. The molecular formula is C12H16O3. The van der Waals surface area contributed by atoms with Crippen LogP contribution < -0.4 is 0 Å². The summed E-state index contributed by atoms with van der Waals surface area (Å²) in [4.78, 5) is 10.4. The Hall–Kier alpha value is -1.51. The third kappa shape index (κ3) is 3.62. The summed E-state index contributed by atoms with van der Waals surface area (Å²) in [5.74, 6) is -0.490. The van der Waals surface area contributed by atoms with Gasteiger partial charge in [0.15, 0.2) is 0 Å². The number of aliphatic carboxylic acids is 1. The first-order valence-electron chi connectivity index (χ1n) is 5.16. The molecule has 2 N–H and O–H groups in total. The maximum Gasteiger partial charge on any atom is 0.303 e. The lowest BCUT2D eigenvalue weighted by Crippen LogP contribution is -1.98. The van der Waals surface area contributed by atoms with Crippen LogP contribution >= 0.6 is 0 Å². The highest BCUT2D eigenvalue weighted by atomic mass is 16.4. The zero-order chi connectivity index (χ0) is 11.3. The molecule has 3 heteroatoms. The van der Waals surface area contributed by atoms with Gasteiger partial charge in [-0.05, 0) is 30.0 Å². The van der Waals surface area contributed by atoms with Gasteiger partial charge < -0.3 is 10.2 Å². The number of phenolic OH excluding ortho intramolecular Hbond substituents is 1. The van der Waals surface area contributed by atoms with Crippen LogP contribution in [0.15, 0.2) is 18.2 Å². The van der Waals surface area contributed by atoms with Crippen LogP contribution in [-0.4, -0.2) is 16.2 Å². The van der Waals surface area contributed by atoms with Crippen molar-refractivity contribution in [2.45, 2.75) is 32.6 Å². The lowest BCUT2D eigenvalue weighted by Gasteiger charge is -2.05. The third-order valence-corrected chi connectivity index (χ3v) is 2.29. The average molecular weight is 208 g/mol. The summed E-state index contributed by atoms with van der Waals surface area (Å²) in [7, 11) is 0. The van der Waals surface area contributed by atoms with Crippen LogP contribution in [0, 0.1) is 0 Å². The van der Waals surface area contributed by atoms with E-state index in [2.05, 4.69) is 0 Å². The van der Waals surface area contributed by atoms with Crippen LogP contribution in [0.5, 0.6) is 5.75 Å². The van der Waals surface area contributed by atoms with Gasteiger partial charge in [-0.25, -0.2) is 0 Å². The highest BCUT2D eigenvalue weighted by Crippen LogP contribution is 2.20. The van der Waals surface area contributed by atoms with E-state index in [0.29, 0.717) is 12.2 Å². The molecule has 0 bridgehead atoms. The van der Waals surface area contributed by atoms with Crippen LogP contribution in [0.25, 0.3) is 0 Å². The number of aryl methyl sites for hydroxylation is 2. The number of rotatable bonds is 5. The van der Waals surface area contributed by atoms with Gasteiger partial charge in [0.05, 0.1) is 0 Å². The second-order valence-electron chi connectivity index (χ2n) is 3.61. The predicted molar refractivity (Wildman–Crippen MR) is 58.1 cm³/mol. The molecule has 0 aromatic heterocycles. The number of aromatic hydroxyl groups is 1. The van der Waals surface area contributed by atoms with Crippen molar-refractivity contribution < 1.29 is 15.0 Å². The van der Waals surface area contributed by atoms with Gasteiger partial charge in [0.1, 0.15) is 5.75 Å². The summed E-state index contributed by atoms with van der Waals surface area (Å²) in [6.45, 7) is 2.05. The number of hydrogen-bond donors (Lipinski definition) is 2. The highest BCUT2D eigenvalue weighted by molar-refractivity contribution is 5.67. The standard InChI is InChI=1S/C12H16O3/c1-2-3-10-8-9(4-6-11(10)13)5-7-12(14)15/h4,6,8,13H,2-3,5,7H2,1H3,(H,14,15). The molecule has 15 heavy (non-hydrogen) atoms. The molecule has 0 fully saturated rings. The zero-order valence-electron chi connectivity index (χ0n) is 8.86. The van der Waals surface area contributed by atoms with Crippen LogP contribution in [0.2, 0.25) is 0 Å². The molecule has 1 aromatic carbocycles. The van der Waals surface area contributed by atoms with Crippen LogP contribution in [0.1, 0.15) is 30.9 Å². The fourth-order valence-electron chi connectivity index (χ4n) is 1.52. The lowest BCUT2D eigenvalue weighted by atomic mass is 10.0. The van der Waals surface area contributed by atoms with Gasteiger partial charge >= 0.3 is 5.97 Å². The summed E-state index contributed by atoms with van der Waals surface area (Å²) >= 11 is 0.